The molecular formula is C12H14O2. The van der Waals surface area contributed by atoms with E-state index < -0.39 is 0 Å². The van der Waals surface area contributed by atoms with Gasteiger partial charge in [-0.15, -0.1) is 0 Å². The van der Waals surface area contributed by atoms with Crippen molar-refractivity contribution in [1.29, 1.82) is 0 Å². The Labute approximate surface area is 83.9 Å². The molecule has 0 radical (unpaired) electrons. The van der Waals surface area contributed by atoms with Gasteiger partial charge in [-0.1, -0.05) is 0 Å². The Morgan fingerprint density at radius 2 is 2.07 bits per heavy atom. The highest BCUT2D eigenvalue weighted by molar-refractivity contribution is 6.00. The lowest BCUT2D eigenvalue weighted by Crippen LogP contribution is -2.12. The monoisotopic (exact) mass is 190 g/mol. The Bertz CT molecular complexity index is 380. The number of carbonyl (C=O) groups is 1. The maximum Gasteiger partial charge on any atom is 0.163 e. The highest BCUT2D eigenvalue weighted by Crippen LogP contribution is 2.28. The van der Waals surface area contributed by atoms with E-state index in [9.17, 15) is 4.79 Å². The summed E-state index contributed by atoms with van der Waals surface area (Å²) >= 11 is 0. The first kappa shape index (κ1) is 9.25. The molecule has 2 nitrogen and oxygen atoms in total. The summed E-state index contributed by atoms with van der Waals surface area (Å²) in [7, 11) is 1.66. The van der Waals surface area contributed by atoms with Gasteiger partial charge in [-0.2, -0.15) is 0 Å². The van der Waals surface area contributed by atoms with Gasteiger partial charge in [-0.3, -0.25) is 4.79 Å². The van der Waals surface area contributed by atoms with Crippen LogP contribution in [0.2, 0.25) is 0 Å². The molecule has 0 aromatic heterocycles. The van der Waals surface area contributed by atoms with Crippen LogP contribution in [0.3, 0.4) is 0 Å². The van der Waals surface area contributed by atoms with Crippen molar-refractivity contribution >= 4 is 5.78 Å². The molecule has 0 saturated heterocycles. The quantitative estimate of drug-likeness (QED) is 0.680. The zero-order valence-electron chi connectivity index (χ0n) is 8.59. The number of Topliss-reactive ketones (excluding diaryl/α,β-unsaturated/α-hetero) is 1. The largest absolute Gasteiger partial charge is 0.497 e. The fourth-order valence-corrected chi connectivity index (χ4v) is 2.10. The summed E-state index contributed by atoms with van der Waals surface area (Å²) in [5, 5.41) is 0. The standard InChI is InChI=1S/C12H14O2/c1-8-6-10(14-2)7-9-4-3-5-11(13)12(8)9/h6-7H,3-5H2,1-2H3. The number of ketones is 1. The maximum atomic E-state index is 11.7. The maximum absolute atomic E-state index is 11.7. The number of hydrogen-bond acceptors (Lipinski definition) is 2. The second-order valence-corrected chi connectivity index (χ2v) is 3.76. The fraction of sp³-hybridized carbons (Fsp3) is 0.417. The van der Waals surface area contributed by atoms with E-state index >= 15 is 0 Å². The molecule has 0 bridgehead atoms. The van der Waals surface area contributed by atoms with E-state index in [2.05, 4.69) is 0 Å². The van der Waals surface area contributed by atoms with Crippen molar-refractivity contribution in [2.24, 2.45) is 0 Å². The topological polar surface area (TPSA) is 26.3 Å². The van der Waals surface area contributed by atoms with Gasteiger partial charge in [-0.05, 0) is 43.0 Å². The van der Waals surface area contributed by atoms with Crippen LogP contribution in [-0.2, 0) is 6.42 Å². The number of hydrogen-bond donors (Lipinski definition) is 0. The van der Waals surface area contributed by atoms with E-state index in [-0.39, 0.29) is 5.78 Å². The molecule has 14 heavy (non-hydrogen) atoms. The molecule has 2 heteroatoms. The van der Waals surface area contributed by atoms with E-state index in [0.717, 1.165) is 35.3 Å². The lowest BCUT2D eigenvalue weighted by Gasteiger charge is -2.17. The lowest BCUT2D eigenvalue weighted by molar-refractivity contribution is 0.0972. The van der Waals surface area contributed by atoms with Crippen LogP contribution in [0.5, 0.6) is 5.75 Å². The second-order valence-electron chi connectivity index (χ2n) is 3.76. The Balaban J connectivity index is 2.56. The number of benzene rings is 1. The molecule has 0 aliphatic heterocycles. The summed E-state index contributed by atoms with van der Waals surface area (Å²) in [5.41, 5.74) is 3.12. The van der Waals surface area contributed by atoms with Crippen LogP contribution in [0, 0.1) is 6.92 Å². The minimum absolute atomic E-state index is 0.284. The summed E-state index contributed by atoms with van der Waals surface area (Å²) < 4.78 is 5.19. The molecule has 0 saturated carbocycles. The Kier molecular flexibility index (Phi) is 2.28. The molecule has 0 amide bonds. The van der Waals surface area contributed by atoms with Gasteiger partial charge in [0.15, 0.2) is 5.78 Å². The summed E-state index contributed by atoms with van der Waals surface area (Å²) in [4.78, 5) is 11.7. The number of rotatable bonds is 1. The SMILES string of the molecule is COc1cc(C)c2c(c1)CCCC2=O. The van der Waals surface area contributed by atoms with Crippen LogP contribution in [0.4, 0.5) is 0 Å². The van der Waals surface area contributed by atoms with Crippen LogP contribution >= 0.6 is 0 Å². The molecule has 0 heterocycles. The predicted molar refractivity (Wildman–Crippen MR) is 55.0 cm³/mol. The molecular weight excluding hydrogens is 176 g/mol. The Hall–Kier alpha value is -1.31. The molecule has 2 rings (SSSR count). The molecule has 0 atom stereocenters. The summed E-state index contributed by atoms with van der Waals surface area (Å²) in [6.07, 6.45) is 2.66. The smallest absolute Gasteiger partial charge is 0.163 e. The van der Waals surface area contributed by atoms with Crippen molar-refractivity contribution < 1.29 is 9.53 Å². The Morgan fingerprint density at radius 1 is 1.29 bits per heavy atom. The first-order valence-electron chi connectivity index (χ1n) is 4.93. The van der Waals surface area contributed by atoms with Crippen molar-refractivity contribution in [2.75, 3.05) is 7.11 Å². The zero-order valence-corrected chi connectivity index (χ0v) is 8.59. The molecule has 0 N–H and O–H groups in total. The van der Waals surface area contributed by atoms with Crippen LogP contribution in [-0.4, -0.2) is 12.9 Å². The van der Waals surface area contributed by atoms with E-state index in [1.807, 2.05) is 19.1 Å². The van der Waals surface area contributed by atoms with Crippen molar-refractivity contribution in [3.8, 4) is 5.75 Å². The van der Waals surface area contributed by atoms with Gasteiger partial charge in [0.25, 0.3) is 0 Å². The van der Waals surface area contributed by atoms with E-state index in [1.54, 1.807) is 7.11 Å². The summed E-state index contributed by atoms with van der Waals surface area (Å²) in [5.74, 6) is 1.14. The molecule has 1 aliphatic carbocycles. The van der Waals surface area contributed by atoms with Crippen molar-refractivity contribution in [1.82, 2.24) is 0 Å². The highest BCUT2D eigenvalue weighted by atomic mass is 16.5. The summed E-state index contributed by atoms with van der Waals surface area (Å²) in [6.45, 7) is 1.98. The van der Waals surface area contributed by atoms with Crippen LogP contribution in [0.15, 0.2) is 12.1 Å². The molecule has 1 aliphatic rings. The van der Waals surface area contributed by atoms with E-state index in [1.165, 1.54) is 0 Å². The number of aryl methyl sites for hydroxylation is 2. The second kappa shape index (κ2) is 3.45. The number of carbonyl (C=O) groups excluding carboxylic acids is 1. The number of methoxy groups -OCH3 is 1. The van der Waals surface area contributed by atoms with E-state index in [4.69, 9.17) is 4.74 Å². The van der Waals surface area contributed by atoms with Gasteiger partial charge in [0.05, 0.1) is 7.11 Å². The molecule has 0 spiro atoms. The van der Waals surface area contributed by atoms with Gasteiger partial charge in [0.1, 0.15) is 5.75 Å². The summed E-state index contributed by atoms with van der Waals surface area (Å²) in [6, 6.07) is 3.92. The van der Waals surface area contributed by atoms with Crippen molar-refractivity contribution in [3.63, 3.8) is 0 Å². The lowest BCUT2D eigenvalue weighted by atomic mass is 9.87. The zero-order chi connectivity index (χ0) is 10.1. The first-order valence-corrected chi connectivity index (χ1v) is 4.93. The van der Waals surface area contributed by atoms with E-state index in [0.29, 0.717) is 6.42 Å². The minimum atomic E-state index is 0.284. The highest BCUT2D eigenvalue weighted by Gasteiger charge is 2.19. The molecule has 1 aromatic rings. The van der Waals surface area contributed by atoms with Crippen molar-refractivity contribution in [3.05, 3.63) is 28.8 Å². The van der Waals surface area contributed by atoms with Crippen molar-refractivity contribution in [2.45, 2.75) is 26.2 Å². The van der Waals surface area contributed by atoms with Crippen LogP contribution in [0.25, 0.3) is 0 Å². The number of ether oxygens (including phenoxy) is 1. The van der Waals surface area contributed by atoms with Gasteiger partial charge in [0.2, 0.25) is 0 Å². The van der Waals surface area contributed by atoms with Gasteiger partial charge >= 0.3 is 0 Å². The number of fused-ring (bicyclic) bond motifs is 1. The molecule has 74 valence electrons. The Morgan fingerprint density at radius 3 is 2.79 bits per heavy atom. The predicted octanol–water partition coefficient (Wildman–Crippen LogP) is 2.52. The molecule has 0 fully saturated rings. The average molecular weight is 190 g/mol. The third-order valence-electron chi connectivity index (χ3n) is 2.76. The molecule has 1 aromatic carbocycles. The minimum Gasteiger partial charge on any atom is -0.497 e. The van der Waals surface area contributed by atoms with Crippen LogP contribution < -0.4 is 4.74 Å². The third kappa shape index (κ3) is 1.41. The van der Waals surface area contributed by atoms with Gasteiger partial charge in [-0.25, -0.2) is 0 Å². The normalized spacial score (nSPS) is 15.1. The molecule has 0 unspecified atom stereocenters. The van der Waals surface area contributed by atoms with Gasteiger partial charge in [0, 0.05) is 12.0 Å². The first-order chi connectivity index (χ1) is 6.72. The van der Waals surface area contributed by atoms with Crippen LogP contribution in [0.1, 0.15) is 34.3 Å². The average Bonchev–Trinajstić information content (AvgIpc) is 2.17. The van der Waals surface area contributed by atoms with Gasteiger partial charge < -0.3 is 4.74 Å². The fourth-order valence-electron chi connectivity index (χ4n) is 2.10. The third-order valence-corrected chi connectivity index (χ3v) is 2.76.